The molecule has 2 N–H and O–H groups in total. The van der Waals surface area contributed by atoms with Crippen LogP contribution in [0.25, 0.3) is 0 Å². The summed E-state index contributed by atoms with van der Waals surface area (Å²) in [4.78, 5) is 11.3. The minimum Gasteiger partial charge on any atom is -0.355 e. The monoisotopic (exact) mass is 218 g/mol. The van der Waals surface area contributed by atoms with Crippen LogP contribution in [0.1, 0.15) is 35.2 Å². The molecule has 1 aromatic carbocycles. The lowest BCUT2D eigenvalue weighted by Gasteiger charge is -2.26. The van der Waals surface area contributed by atoms with Crippen LogP contribution < -0.4 is 10.6 Å². The Morgan fingerprint density at radius 1 is 1.31 bits per heavy atom. The number of benzene rings is 1. The maximum absolute atomic E-state index is 11.3. The van der Waals surface area contributed by atoms with Crippen LogP contribution in [-0.4, -0.2) is 19.0 Å². The predicted octanol–water partition coefficient (Wildman–Crippen LogP) is 1.69. The standard InChI is InChI=1S/C13H18N2O/c1-14-13(16)11-7-5-10(6-8-11)9-15-12-3-2-4-12/h5-8,12,15H,2-4,9H2,1H3,(H,14,16). The first-order valence-electron chi connectivity index (χ1n) is 5.84. The van der Waals surface area contributed by atoms with E-state index in [0.717, 1.165) is 12.1 Å². The summed E-state index contributed by atoms with van der Waals surface area (Å²) in [5.41, 5.74) is 1.95. The first kappa shape index (κ1) is 11.1. The highest BCUT2D eigenvalue weighted by Crippen LogP contribution is 2.18. The van der Waals surface area contributed by atoms with Gasteiger partial charge < -0.3 is 10.6 Å². The van der Waals surface area contributed by atoms with Crippen molar-refractivity contribution in [3.05, 3.63) is 35.4 Å². The van der Waals surface area contributed by atoms with Gasteiger partial charge >= 0.3 is 0 Å². The molecule has 0 atom stereocenters. The molecule has 0 unspecified atom stereocenters. The number of carbonyl (C=O) groups is 1. The molecule has 1 amide bonds. The summed E-state index contributed by atoms with van der Waals surface area (Å²) >= 11 is 0. The van der Waals surface area contributed by atoms with Gasteiger partial charge in [0.2, 0.25) is 0 Å². The molecule has 1 fully saturated rings. The normalized spacial score (nSPS) is 15.6. The van der Waals surface area contributed by atoms with Crippen LogP contribution in [-0.2, 0) is 6.54 Å². The molecule has 1 saturated carbocycles. The van der Waals surface area contributed by atoms with Gasteiger partial charge in [0, 0.05) is 25.2 Å². The maximum atomic E-state index is 11.3. The number of rotatable bonds is 4. The highest BCUT2D eigenvalue weighted by atomic mass is 16.1. The zero-order chi connectivity index (χ0) is 11.4. The zero-order valence-corrected chi connectivity index (χ0v) is 9.62. The van der Waals surface area contributed by atoms with Crippen molar-refractivity contribution in [2.75, 3.05) is 7.05 Å². The molecule has 16 heavy (non-hydrogen) atoms. The summed E-state index contributed by atoms with van der Waals surface area (Å²) in [5, 5.41) is 6.11. The molecule has 1 aliphatic rings. The SMILES string of the molecule is CNC(=O)c1ccc(CNC2CCC2)cc1. The lowest BCUT2D eigenvalue weighted by molar-refractivity contribution is 0.0963. The van der Waals surface area contributed by atoms with Gasteiger partial charge in [0.15, 0.2) is 0 Å². The third-order valence-corrected chi connectivity index (χ3v) is 3.14. The van der Waals surface area contributed by atoms with Crippen LogP contribution in [0.2, 0.25) is 0 Å². The van der Waals surface area contributed by atoms with E-state index < -0.39 is 0 Å². The molecule has 0 bridgehead atoms. The number of hydrogen-bond donors (Lipinski definition) is 2. The van der Waals surface area contributed by atoms with Crippen LogP contribution in [0.15, 0.2) is 24.3 Å². The molecule has 0 aromatic heterocycles. The van der Waals surface area contributed by atoms with E-state index in [0.29, 0.717) is 6.04 Å². The second kappa shape index (κ2) is 5.12. The number of nitrogens with one attached hydrogen (secondary N) is 2. The highest BCUT2D eigenvalue weighted by Gasteiger charge is 2.15. The van der Waals surface area contributed by atoms with E-state index in [1.807, 2.05) is 24.3 Å². The summed E-state index contributed by atoms with van der Waals surface area (Å²) in [7, 11) is 1.65. The molecular weight excluding hydrogens is 200 g/mol. The second-order valence-electron chi connectivity index (χ2n) is 4.28. The van der Waals surface area contributed by atoms with Crippen LogP contribution in [0.5, 0.6) is 0 Å². The molecule has 0 spiro atoms. The fourth-order valence-corrected chi connectivity index (χ4v) is 1.79. The van der Waals surface area contributed by atoms with Gasteiger partial charge in [-0.1, -0.05) is 18.6 Å². The number of carbonyl (C=O) groups excluding carboxylic acids is 1. The molecule has 0 saturated heterocycles. The second-order valence-corrected chi connectivity index (χ2v) is 4.28. The molecule has 2 rings (SSSR count). The summed E-state index contributed by atoms with van der Waals surface area (Å²) < 4.78 is 0. The van der Waals surface area contributed by atoms with E-state index in [1.54, 1.807) is 7.05 Å². The van der Waals surface area contributed by atoms with Gasteiger partial charge in [-0.15, -0.1) is 0 Å². The third kappa shape index (κ3) is 2.61. The molecule has 86 valence electrons. The Hall–Kier alpha value is -1.35. The van der Waals surface area contributed by atoms with E-state index in [9.17, 15) is 4.79 Å². The first-order chi connectivity index (χ1) is 7.79. The first-order valence-corrected chi connectivity index (χ1v) is 5.84. The van der Waals surface area contributed by atoms with Gasteiger partial charge in [-0.2, -0.15) is 0 Å². The summed E-state index contributed by atoms with van der Waals surface area (Å²) in [5.74, 6) is -0.0292. The number of amides is 1. The lowest BCUT2D eigenvalue weighted by Crippen LogP contribution is -2.34. The van der Waals surface area contributed by atoms with Crippen molar-refractivity contribution in [2.24, 2.45) is 0 Å². The van der Waals surface area contributed by atoms with Crippen LogP contribution in [0.4, 0.5) is 0 Å². The van der Waals surface area contributed by atoms with E-state index in [-0.39, 0.29) is 5.91 Å². The molecular formula is C13H18N2O. The Balaban J connectivity index is 1.88. The smallest absolute Gasteiger partial charge is 0.251 e. The van der Waals surface area contributed by atoms with Crippen LogP contribution in [0, 0.1) is 0 Å². The Labute approximate surface area is 96.2 Å². The highest BCUT2D eigenvalue weighted by molar-refractivity contribution is 5.93. The third-order valence-electron chi connectivity index (χ3n) is 3.14. The fourth-order valence-electron chi connectivity index (χ4n) is 1.79. The van der Waals surface area contributed by atoms with Gasteiger partial charge in [-0.3, -0.25) is 4.79 Å². The fraction of sp³-hybridized carbons (Fsp3) is 0.462. The van der Waals surface area contributed by atoms with Crippen LogP contribution >= 0.6 is 0 Å². The van der Waals surface area contributed by atoms with Gasteiger partial charge in [-0.05, 0) is 30.5 Å². The molecule has 3 nitrogen and oxygen atoms in total. The van der Waals surface area contributed by atoms with Crippen molar-refractivity contribution in [3.63, 3.8) is 0 Å². The van der Waals surface area contributed by atoms with Crippen LogP contribution in [0.3, 0.4) is 0 Å². The maximum Gasteiger partial charge on any atom is 0.251 e. The molecule has 0 aliphatic heterocycles. The number of hydrogen-bond acceptors (Lipinski definition) is 2. The molecule has 1 aliphatic carbocycles. The average Bonchev–Trinajstić information content (AvgIpc) is 2.27. The van der Waals surface area contributed by atoms with E-state index >= 15 is 0 Å². The summed E-state index contributed by atoms with van der Waals surface area (Å²) in [6.07, 6.45) is 3.96. The van der Waals surface area contributed by atoms with Gasteiger partial charge in [0.05, 0.1) is 0 Å². The topological polar surface area (TPSA) is 41.1 Å². The van der Waals surface area contributed by atoms with Crippen molar-refractivity contribution in [1.82, 2.24) is 10.6 Å². The Morgan fingerprint density at radius 2 is 2.00 bits per heavy atom. The molecule has 0 radical (unpaired) electrons. The van der Waals surface area contributed by atoms with E-state index in [1.165, 1.54) is 24.8 Å². The lowest BCUT2D eigenvalue weighted by atomic mass is 9.93. The van der Waals surface area contributed by atoms with Crippen molar-refractivity contribution in [2.45, 2.75) is 31.8 Å². The van der Waals surface area contributed by atoms with Crippen molar-refractivity contribution >= 4 is 5.91 Å². The van der Waals surface area contributed by atoms with E-state index in [4.69, 9.17) is 0 Å². The van der Waals surface area contributed by atoms with Crippen molar-refractivity contribution in [1.29, 1.82) is 0 Å². The van der Waals surface area contributed by atoms with Gasteiger partial charge in [0.1, 0.15) is 0 Å². The van der Waals surface area contributed by atoms with Gasteiger partial charge in [0.25, 0.3) is 5.91 Å². The molecule has 1 aromatic rings. The minimum absolute atomic E-state index is 0.0292. The Kier molecular flexibility index (Phi) is 3.57. The average molecular weight is 218 g/mol. The minimum atomic E-state index is -0.0292. The predicted molar refractivity (Wildman–Crippen MR) is 64.3 cm³/mol. The largest absolute Gasteiger partial charge is 0.355 e. The molecule has 3 heteroatoms. The summed E-state index contributed by atoms with van der Waals surface area (Å²) in [6.45, 7) is 0.901. The van der Waals surface area contributed by atoms with E-state index in [2.05, 4.69) is 10.6 Å². The van der Waals surface area contributed by atoms with Crippen molar-refractivity contribution < 1.29 is 4.79 Å². The Morgan fingerprint density at radius 3 is 2.50 bits per heavy atom. The Bertz CT molecular complexity index is 355. The summed E-state index contributed by atoms with van der Waals surface area (Å²) in [6, 6.07) is 8.47. The quantitative estimate of drug-likeness (QED) is 0.807. The zero-order valence-electron chi connectivity index (χ0n) is 9.62. The van der Waals surface area contributed by atoms with Gasteiger partial charge in [-0.25, -0.2) is 0 Å². The molecule has 0 heterocycles. The van der Waals surface area contributed by atoms with Crippen molar-refractivity contribution in [3.8, 4) is 0 Å².